The number of carbonyl (C=O) groups is 1. The van der Waals surface area contributed by atoms with Crippen LogP contribution in [0.4, 0.5) is 0 Å². The van der Waals surface area contributed by atoms with E-state index in [-0.39, 0.29) is 5.91 Å². The van der Waals surface area contributed by atoms with Crippen molar-refractivity contribution in [3.63, 3.8) is 0 Å². The van der Waals surface area contributed by atoms with Crippen LogP contribution in [0, 0.1) is 0 Å². The van der Waals surface area contributed by atoms with Gasteiger partial charge < -0.3 is 10.1 Å². The maximum absolute atomic E-state index is 12.4. The van der Waals surface area contributed by atoms with E-state index in [4.69, 9.17) is 4.74 Å². The molecule has 1 aromatic carbocycles. The van der Waals surface area contributed by atoms with E-state index in [2.05, 4.69) is 31.2 Å². The third-order valence-electron chi connectivity index (χ3n) is 3.75. The average Bonchev–Trinajstić information content (AvgIpc) is 2.64. The number of halogens is 1. The molecule has 1 atom stereocenters. The lowest BCUT2D eigenvalue weighted by molar-refractivity contribution is -0.128. The van der Waals surface area contributed by atoms with Gasteiger partial charge in [0.25, 0.3) is 5.91 Å². The summed E-state index contributed by atoms with van der Waals surface area (Å²) in [4.78, 5) is 20.8. The Morgan fingerprint density at radius 2 is 2.16 bits per heavy atom. The van der Waals surface area contributed by atoms with E-state index in [1.54, 1.807) is 18.6 Å². The lowest BCUT2D eigenvalue weighted by Gasteiger charge is -2.17. The van der Waals surface area contributed by atoms with Crippen LogP contribution >= 0.6 is 15.9 Å². The molecular weight excluding hydrogens is 382 g/mol. The van der Waals surface area contributed by atoms with Gasteiger partial charge in [-0.15, -0.1) is 0 Å². The van der Waals surface area contributed by atoms with Crippen LogP contribution in [0.1, 0.15) is 18.9 Å². The van der Waals surface area contributed by atoms with Crippen molar-refractivity contribution in [2.75, 3.05) is 0 Å². The Balaban J connectivity index is 1.67. The van der Waals surface area contributed by atoms with Crippen molar-refractivity contribution < 1.29 is 9.53 Å². The molecule has 0 saturated heterocycles. The Hall–Kier alpha value is -2.47. The average molecular weight is 400 g/mol. The highest BCUT2D eigenvalue weighted by Crippen LogP contribution is 2.23. The monoisotopic (exact) mass is 399 g/mol. The Morgan fingerprint density at radius 1 is 1.28 bits per heavy atom. The number of ether oxygens (including phenoxy) is 1. The van der Waals surface area contributed by atoms with Gasteiger partial charge >= 0.3 is 0 Å². The zero-order chi connectivity index (χ0) is 17.6. The van der Waals surface area contributed by atoms with Gasteiger partial charge in [0.2, 0.25) is 0 Å². The molecule has 25 heavy (non-hydrogen) atoms. The molecule has 5 nitrogen and oxygen atoms in total. The molecule has 0 aliphatic carbocycles. The second kappa shape index (κ2) is 8.07. The van der Waals surface area contributed by atoms with Crippen LogP contribution in [-0.4, -0.2) is 22.0 Å². The van der Waals surface area contributed by atoms with E-state index in [9.17, 15) is 4.79 Å². The molecule has 1 amide bonds. The van der Waals surface area contributed by atoms with E-state index in [0.29, 0.717) is 18.7 Å². The topological polar surface area (TPSA) is 64.1 Å². The van der Waals surface area contributed by atoms with Crippen molar-refractivity contribution in [2.24, 2.45) is 0 Å². The van der Waals surface area contributed by atoms with E-state index in [0.717, 1.165) is 20.9 Å². The molecule has 128 valence electrons. The maximum Gasteiger partial charge on any atom is 0.261 e. The van der Waals surface area contributed by atoms with Crippen molar-refractivity contribution in [1.82, 2.24) is 15.3 Å². The first-order chi connectivity index (χ1) is 12.2. The molecule has 0 bridgehead atoms. The summed E-state index contributed by atoms with van der Waals surface area (Å²) >= 11 is 3.41. The van der Waals surface area contributed by atoms with Gasteiger partial charge in [0.15, 0.2) is 6.10 Å². The van der Waals surface area contributed by atoms with Crippen molar-refractivity contribution in [1.29, 1.82) is 0 Å². The van der Waals surface area contributed by atoms with Gasteiger partial charge in [0.05, 0.1) is 5.52 Å². The molecule has 6 heteroatoms. The van der Waals surface area contributed by atoms with Crippen molar-refractivity contribution in [3.8, 4) is 5.75 Å². The molecule has 1 N–H and O–H groups in total. The van der Waals surface area contributed by atoms with Crippen molar-refractivity contribution >= 4 is 32.7 Å². The molecule has 2 heterocycles. The van der Waals surface area contributed by atoms with Gasteiger partial charge in [0.1, 0.15) is 5.75 Å². The fourth-order valence-corrected chi connectivity index (χ4v) is 2.80. The SMILES string of the molecule is CCC(Oc1ccc2ncc(Br)cc2c1)C(=O)NCc1cccnc1. The molecule has 0 aliphatic heterocycles. The Bertz CT molecular complexity index is 871. The quantitative estimate of drug-likeness (QED) is 0.683. The number of benzene rings is 1. The predicted octanol–water partition coefficient (Wildman–Crippen LogP) is 3.87. The molecule has 0 spiro atoms. The Morgan fingerprint density at radius 3 is 2.92 bits per heavy atom. The first kappa shape index (κ1) is 17.4. The number of nitrogens with zero attached hydrogens (tertiary/aromatic N) is 2. The summed E-state index contributed by atoms with van der Waals surface area (Å²) in [5, 5.41) is 3.85. The molecule has 3 rings (SSSR count). The number of fused-ring (bicyclic) bond motifs is 1. The number of aromatic nitrogens is 2. The summed E-state index contributed by atoms with van der Waals surface area (Å²) in [6, 6.07) is 11.3. The summed E-state index contributed by atoms with van der Waals surface area (Å²) in [6.45, 7) is 2.36. The van der Waals surface area contributed by atoms with Crippen LogP contribution in [0.25, 0.3) is 10.9 Å². The van der Waals surface area contributed by atoms with E-state index >= 15 is 0 Å². The fourth-order valence-electron chi connectivity index (χ4n) is 2.45. The number of rotatable bonds is 6. The van der Waals surface area contributed by atoms with E-state index in [1.165, 1.54) is 0 Å². The summed E-state index contributed by atoms with van der Waals surface area (Å²) in [6.07, 6.45) is 5.22. The summed E-state index contributed by atoms with van der Waals surface area (Å²) in [5.41, 5.74) is 1.83. The highest BCUT2D eigenvalue weighted by Gasteiger charge is 2.18. The molecular formula is C19H18BrN3O2. The van der Waals surface area contributed by atoms with Crippen LogP contribution in [-0.2, 0) is 11.3 Å². The van der Waals surface area contributed by atoms with Gasteiger partial charge in [-0.2, -0.15) is 0 Å². The lowest BCUT2D eigenvalue weighted by atomic mass is 10.2. The number of amides is 1. The molecule has 2 aromatic heterocycles. The highest BCUT2D eigenvalue weighted by molar-refractivity contribution is 9.10. The standard InChI is InChI=1S/C19H18BrN3O2/c1-2-18(19(24)23-11-13-4-3-7-21-10-13)25-16-5-6-17-14(9-16)8-15(20)12-22-17/h3-10,12,18H,2,11H2,1H3,(H,23,24). The van der Waals surface area contributed by atoms with Gasteiger partial charge in [-0.25, -0.2) is 0 Å². The zero-order valence-corrected chi connectivity index (χ0v) is 15.4. The van der Waals surface area contributed by atoms with Crippen LogP contribution in [0.3, 0.4) is 0 Å². The van der Waals surface area contributed by atoms with E-state index < -0.39 is 6.10 Å². The third kappa shape index (κ3) is 4.54. The van der Waals surface area contributed by atoms with Gasteiger partial charge in [-0.3, -0.25) is 14.8 Å². The van der Waals surface area contributed by atoms with Crippen LogP contribution in [0.15, 0.2) is 59.5 Å². The number of hydrogen-bond donors (Lipinski definition) is 1. The summed E-state index contributed by atoms with van der Waals surface area (Å²) < 4.78 is 6.79. The molecule has 1 unspecified atom stereocenters. The third-order valence-corrected chi connectivity index (χ3v) is 4.18. The minimum absolute atomic E-state index is 0.140. The summed E-state index contributed by atoms with van der Waals surface area (Å²) in [7, 11) is 0. The normalized spacial score (nSPS) is 11.9. The second-order valence-electron chi connectivity index (χ2n) is 5.60. The molecule has 0 radical (unpaired) electrons. The first-order valence-corrected chi connectivity index (χ1v) is 8.83. The molecule has 0 fully saturated rings. The van der Waals surface area contributed by atoms with Crippen LogP contribution in [0.5, 0.6) is 5.75 Å². The summed E-state index contributed by atoms with van der Waals surface area (Å²) in [5.74, 6) is 0.509. The molecule has 3 aromatic rings. The minimum atomic E-state index is -0.547. The molecule has 0 aliphatic rings. The van der Waals surface area contributed by atoms with Crippen molar-refractivity contribution in [2.45, 2.75) is 26.0 Å². The maximum atomic E-state index is 12.4. The fraction of sp³-hybridized carbons (Fsp3) is 0.211. The first-order valence-electron chi connectivity index (χ1n) is 8.04. The Kier molecular flexibility index (Phi) is 5.60. The zero-order valence-electron chi connectivity index (χ0n) is 13.8. The smallest absolute Gasteiger partial charge is 0.261 e. The number of pyridine rings is 2. The molecule has 0 saturated carbocycles. The van der Waals surface area contributed by atoms with Crippen molar-refractivity contribution in [3.05, 3.63) is 65.0 Å². The predicted molar refractivity (Wildman–Crippen MR) is 100 cm³/mol. The van der Waals surface area contributed by atoms with Crippen LogP contribution in [0.2, 0.25) is 0 Å². The highest BCUT2D eigenvalue weighted by atomic mass is 79.9. The number of carbonyl (C=O) groups excluding carboxylic acids is 1. The largest absolute Gasteiger partial charge is 0.481 e. The van der Waals surface area contributed by atoms with E-state index in [1.807, 2.05) is 43.3 Å². The lowest BCUT2D eigenvalue weighted by Crippen LogP contribution is -2.37. The van der Waals surface area contributed by atoms with Crippen LogP contribution < -0.4 is 10.1 Å². The number of nitrogens with one attached hydrogen (secondary N) is 1. The number of hydrogen-bond acceptors (Lipinski definition) is 4. The minimum Gasteiger partial charge on any atom is -0.481 e. The van der Waals surface area contributed by atoms with Gasteiger partial charge in [-0.05, 0) is 58.2 Å². The van der Waals surface area contributed by atoms with Gasteiger partial charge in [-0.1, -0.05) is 13.0 Å². The Labute approximate surface area is 154 Å². The van der Waals surface area contributed by atoms with Gasteiger partial charge in [0, 0.05) is 35.0 Å². The second-order valence-corrected chi connectivity index (χ2v) is 6.52.